The smallest absolute Gasteiger partial charge is 0.410 e. The van der Waals surface area contributed by atoms with Crippen molar-refractivity contribution >= 4 is 6.09 Å². The predicted octanol–water partition coefficient (Wildman–Crippen LogP) is 2.99. The summed E-state index contributed by atoms with van der Waals surface area (Å²) in [6, 6.07) is 7.30. The Balaban J connectivity index is 2.33. The fraction of sp³-hybridized carbons (Fsp3) is 0.556. The largest absolute Gasteiger partial charge is 0.444 e. The van der Waals surface area contributed by atoms with Crippen molar-refractivity contribution in [2.45, 2.75) is 64.8 Å². The molecule has 5 nitrogen and oxygen atoms in total. The Kier molecular flexibility index (Phi) is 4.96. The lowest BCUT2D eigenvalue weighted by atomic mass is 9.89. The van der Waals surface area contributed by atoms with Crippen LogP contribution < -0.4 is 0 Å². The molecule has 0 aliphatic carbocycles. The zero-order valence-electron chi connectivity index (χ0n) is 14.2. The first-order chi connectivity index (χ1) is 10.7. The minimum atomic E-state index is -0.605. The number of carbonyl (C=O) groups is 1. The standard InChI is InChI=1S/C18H24N2O3/c1-5-16(21)15-9-13-7-6-12(10-19)8-14(13)11-20(15)17(22)23-18(2,3)4/h6-8,15-16,21H,5,9,11H2,1-4H3/t15-,16+/m0/s1. The molecule has 5 heteroatoms. The van der Waals surface area contributed by atoms with Crippen molar-refractivity contribution in [2.75, 3.05) is 0 Å². The van der Waals surface area contributed by atoms with Gasteiger partial charge < -0.3 is 9.84 Å². The molecular weight excluding hydrogens is 292 g/mol. The Morgan fingerprint density at radius 2 is 2.17 bits per heavy atom. The van der Waals surface area contributed by atoms with Gasteiger partial charge in [0.25, 0.3) is 0 Å². The third-order valence-electron chi connectivity index (χ3n) is 4.00. The minimum Gasteiger partial charge on any atom is -0.444 e. The first kappa shape index (κ1) is 17.3. The highest BCUT2D eigenvalue weighted by molar-refractivity contribution is 5.69. The number of fused-ring (bicyclic) bond motifs is 1. The number of hydrogen-bond donors (Lipinski definition) is 1. The normalized spacial score (nSPS) is 18.8. The molecule has 0 saturated carbocycles. The van der Waals surface area contributed by atoms with Gasteiger partial charge in [-0.05, 0) is 56.9 Å². The Bertz CT molecular complexity index is 628. The van der Waals surface area contributed by atoms with Crippen LogP contribution >= 0.6 is 0 Å². The second kappa shape index (κ2) is 6.59. The van der Waals surface area contributed by atoms with E-state index in [-0.39, 0.29) is 6.04 Å². The number of carbonyl (C=O) groups excluding carboxylic acids is 1. The average molecular weight is 316 g/mol. The number of aliphatic hydroxyl groups is 1. The van der Waals surface area contributed by atoms with Gasteiger partial charge in [-0.2, -0.15) is 5.26 Å². The maximum Gasteiger partial charge on any atom is 0.410 e. The molecule has 124 valence electrons. The van der Waals surface area contributed by atoms with Gasteiger partial charge >= 0.3 is 6.09 Å². The van der Waals surface area contributed by atoms with Crippen molar-refractivity contribution in [1.82, 2.24) is 4.90 Å². The summed E-state index contributed by atoms with van der Waals surface area (Å²) in [5.41, 5.74) is 1.99. The molecule has 0 aromatic heterocycles. The zero-order chi connectivity index (χ0) is 17.2. The van der Waals surface area contributed by atoms with Gasteiger partial charge in [0.2, 0.25) is 0 Å². The molecule has 0 bridgehead atoms. The molecular formula is C18H24N2O3. The zero-order valence-corrected chi connectivity index (χ0v) is 14.2. The van der Waals surface area contributed by atoms with E-state index in [0.717, 1.165) is 11.1 Å². The van der Waals surface area contributed by atoms with Crippen LogP contribution in [0.1, 0.15) is 50.8 Å². The molecule has 2 rings (SSSR count). The molecule has 0 unspecified atom stereocenters. The highest BCUT2D eigenvalue weighted by Crippen LogP contribution is 2.28. The molecule has 1 heterocycles. The monoisotopic (exact) mass is 316 g/mol. The molecule has 1 amide bonds. The van der Waals surface area contributed by atoms with Crippen molar-refractivity contribution in [3.63, 3.8) is 0 Å². The van der Waals surface area contributed by atoms with Gasteiger partial charge in [-0.25, -0.2) is 4.79 Å². The lowest BCUT2D eigenvalue weighted by Gasteiger charge is -2.39. The molecule has 1 aliphatic rings. The van der Waals surface area contributed by atoms with E-state index in [0.29, 0.717) is 24.9 Å². The fourth-order valence-electron chi connectivity index (χ4n) is 2.81. The van der Waals surface area contributed by atoms with Crippen molar-refractivity contribution in [3.8, 4) is 6.07 Å². The van der Waals surface area contributed by atoms with Crippen molar-refractivity contribution in [1.29, 1.82) is 5.26 Å². The number of hydrogen-bond acceptors (Lipinski definition) is 4. The van der Waals surface area contributed by atoms with E-state index in [1.54, 1.807) is 17.0 Å². The molecule has 2 atom stereocenters. The first-order valence-corrected chi connectivity index (χ1v) is 7.94. The molecule has 0 fully saturated rings. The summed E-state index contributed by atoms with van der Waals surface area (Å²) in [6.07, 6.45) is 0.0968. The van der Waals surface area contributed by atoms with Crippen LogP contribution in [0.4, 0.5) is 4.79 Å². The fourth-order valence-corrected chi connectivity index (χ4v) is 2.81. The number of nitriles is 1. The van der Waals surface area contributed by atoms with E-state index in [1.807, 2.05) is 33.8 Å². The number of amides is 1. The minimum absolute atomic E-state index is 0.310. The van der Waals surface area contributed by atoms with Crippen LogP contribution in [-0.4, -0.2) is 33.8 Å². The second-order valence-corrected chi connectivity index (χ2v) is 6.95. The molecule has 0 saturated heterocycles. The topological polar surface area (TPSA) is 73.6 Å². The Labute approximate surface area is 137 Å². The Hall–Kier alpha value is -2.06. The van der Waals surface area contributed by atoms with Gasteiger partial charge in [0.15, 0.2) is 0 Å². The summed E-state index contributed by atoms with van der Waals surface area (Å²) in [5.74, 6) is 0. The van der Waals surface area contributed by atoms with Crippen LogP contribution in [0, 0.1) is 11.3 Å². The number of nitrogens with zero attached hydrogens (tertiary/aromatic N) is 2. The summed E-state index contributed by atoms with van der Waals surface area (Å²) in [4.78, 5) is 14.1. The van der Waals surface area contributed by atoms with Crippen LogP contribution in [0.3, 0.4) is 0 Å². The molecule has 0 spiro atoms. The predicted molar refractivity (Wildman–Crippen MR) is 86.7 cm³/mol. The summed E-state index contributed by atoms with van der Waals surface area (Å²) in [5, 5.41) is 19.4. The van der Waals surface area contributed by atoms with E-state index >= 15 is 0 Å². The third kappa shape index (κ3) is 4.02. The van der Waals surface area contributed by atoms with Gasteiger partial charge in [0, 0.05) is 6.54 Å². The summed E-state index contributed by atoms with van der Waals surface area (Å²) >= 11 is 0. The van der Waals surface area contributed by atoms with Gasteiger partial charge in [-0.3, -0.25) is 4.90 Å². The summed E-state index contributed by atoms with van der Waals surface area (Å²) < 4.78 is 5.48. The first-order valence-electron chi connectivity index (χ1n) is 7.94. The van der Waals surface area contributed by atoms with Gasteiger partial charge in [-0.1, -0.05) is 13.0 Å². The molecule has 1 aromatic rings. The van der Waals surface area contributed by atoms with Crippen LogP contribution in [0.5, 0.6) is 0 Å². The Morgan fingerprint density at radius 1 is 1.48 bits per heavy atom. The Morgan fingerprint density at radius 3 is 2.74 bits per heavy atom. The van der Waals surface area contributed by atoms with Crippen LogP contribution in [0.25, 0.3) is 0 Å². The van der Waals surface area contributed by atoms with E-state index < -0.39 is 17.8 Å². The van der Waals surface area contributed by atoms with E-state index in [2.05, 4.69) is 6.07 Å². The van der Waals surface area contributed by atoms with E-state index in [9.17, 15) is 9.90 Å². The summed E-state index contributed by atoms with van der Waals surface area (Å²) in [7, 11) is 0. The van der Waals surface area contributed by atoms with Crippen molar-refractivity contribution in [3.05, 3.63) is 34.9 Å². The van der Waals surface area contributed by atoms with Crippen molar-refractivity contribution in [2.24, 2.45) is 0 Å². The summed E-state index contributed by atoms with van der Waals surface area (Å²) in [6.45, 7) is 7.71. The van der Waals surface area contributed by atoms with Gasteiger partial charge in [0.05, 0.1) is 23.8 Å². The van der Waals surface area contributed by atoms with Crippen LogP contribution in [-0.2, 0) is 17.7 Å². The molecule has 1 aromatic carbocycles. The molecule has 0 radical (unpaired) electrons. The SMILES string of the molecule is CC[C@@H](O)[C@@H]1Cc2ccc(C#N)cc2CN1C(=O)OC(C)(C)C. The van der Waals surface area contributed by atoms with E-state index in [4.69, 9.17) is 10.00 Å². The van der Waals surface area contributed by atoms with Crippen molar-refractivity contribution < 1.29 is 14.6 Å². The third-order valence-corrected chi connectivity index (χ3v) is 4.00. The highest BCUT2D eigenvalue weighted by atomic mass is 16.6. The van der Waals surface area contributed by atoms with Crippen LogP contribution in [0.2, 0.25) is 0 Å². The highest BCUT2D eigenvalue weighted by Gasteiger charge is 2.36. The number of rotatable bonds is 2. The van der Waals surface area contributed by atoms with E-state index in [1.165, 1.54) is 0 Å². The maximum absolute atomic E-state index is 12.5. The number of ether oxygens (including phenoxy) is 1. The molecule has 1 N–H and O–H groups in total. The lowest BCUT2D eigenvalue weighted by molar-refractivity contribution is -0.0125. The molecule has 1 aliphatic heterocycles. The number of aliphatic hydroxyl groups excluding tert-OH is 1. The van der Waals surface area contributed by atoms with Gasteiger partial charge in [-0.15, -0.1) is 0 Å². The lowest BCUT2D eigenvalue weighted by Crippen LogP contribution is -2.51. The van der Waals surface area contributed by atoms with Gasteiger partial charge in [0.1, 0.15) is 5.60 Å². The maximum atomic E-state index is 12.5. The molecule has 23 heavy (non-hydrogen) atoms. The average Bonchev–Trinajstić information content (AvgIpc) is 2.50. The second-order valence-electron chi connectivity index (χ2n) is 6.95. The van der Waals surface area contributed by atoms with Crippen LogP contribution in [0.15, 0.2) is 18.2 Å². The quantitative estimate of drug-likeness (QED) is 0.910. The number of benzene rings is 1.